The van der Waals surface area contributed by atoms with E-state index in [0.29, 0.717) is 51.0 Å². The molecule has 2 amide bonds. The number of nitrogens with one attached hydrogen (secondary N) is 1. The van der Waals surface area contributed by atoms with Crippen molar-refractivity contribution < 1.29 is 22.8 Å². The zero-order valence-electron chi connectivity index (χ0n) is 23.6. The van der Waals surface area contributed by atoms with E-state index in [1.165, 1.54) is 24.3 Å². The molecule has 0 aliphatic carbocycles. The highest BCUT2D eigenvalue weighted by atomic mass is 19.1. The zero-order valence-corrected chi connectivity index (χ0v) is 23.6. The Morgan fingerprint density at radius 3 is 2.18 bits per heavy atom. The van der Waals surface area contributed by atoms with Gasteiger partial charge in [0.15, 0.2) is 0 Å². The summed E-state index contributed by atoms with van der Waals surface area (Å²) in [4.78, 5) is 29.9. The van der Waals surface area contributed by atoms with Crippen molar-refractivity contribution >= 4 is 11.8 Å². The molecule has 3 unspecified atom stereocenters. The highest BCUT2D eigenvalue weighted by Gasteiger charge is 2.44. The summed E-state index contributed by atoms with van der Waals surface area (Å²) in [6.07, 6.45) is 1.78. The monoisotopic (exact) mass is 543 g/mol. The minimum atomic E-state index is -0.629. The Bertz CT molecular complexity index is 1200. The van der Waals surface area contributed by atoms with Gasteiger partial charge in [-0.05, 0) is 81.3 Å². The lowest BCUT2D eigenvalue weighted by molar-refractivity contribution is -0.136. The predicted octanol–water partition coefficient (Wildman–Crippen LogP) is 5.91. The maximum Gasteiger partial charge on any atom is 0.227 e. The quantitative estimate of drug-likeness (QED) is 0.493. The van der Waals surface area contributed by atoms with Crippen LogP contribution >= 0.6 is 0 Å². The molecule has 0 spiro atoms. The minimum absolute atomic E-state index is 0.00293. The molecule has 0 radical (unpaired) electrons. The molecule has 2 aliphatic rings. The molecule has 2 aliphatic heterocycles. The fourth-order valence-corrected chi connectivity index (χ4v) is 6.08. The van der Waals surface area contributed by atoms with Crippen molar-refractivity contribution in [3.8, 4) is 0 Å². The lowest BCUT2D eigenvalue weighted by Gasteiger charge is -2.36. The van der Waals surface area contributed by atoms with Crippen molar-refractivity contribution in [3.63, 3.8) is 0 Å². The van der Waals surface area contributed by atoms with E-state index in [4.69, 9.17) is 0 Å². The van der Waals surface area contributed by atoms with E-state index in [-0.39, 0.29) is 41.0 Å². The van der Waals surface area contributed by atoms with E-state index in [9.17, 15) is 22.8 Å². The summed E-state index contributed by atoms with van der Waals surface area (Å²) < 4.78 is 42.6. The molecule has 212 valence electrons. The summed E-state index contributed by atoms with van der Waals surface area (Å²) in [7, 11) is 0. The van der Waals surface area contributed by atoms with Crippen LogP contribution in [-0.4, -0.2) is 53.3 Å². The summed E-state index contributed by atoms with van der Waals surface area (Å²) in [6.45, 7) is 12.0. The molecular formula is C31H40F3N3O2. The third-order valence-electron chi connectivity index (χ3n) is 8.41. The average Bonchev–Trinajstić information content (AvgIpc) is 3.34. The molecule has 2 saturated heterocycles. The number of piperidine rings is 1. The molecule has 5 nitrogen and oxygen atoms in total. The second-order valence-electron chi connectivity index (χ2n) is 12.0. The van der Waals surface area contributed by atoms with Gasteiger partial charge in [0.25, 0.3) is 0 Å². The molecule has 3 atom stereocenters. The molecule has 39 heavy (non-hydrogen) atoms. The van der Waals surface area contributed by atoms with E-state index in [1.54, 1.807) is 13.0 Å². The number of carbonyl (C=O) groups excluding carboxylic acids is 2. The first-order valence-electron chi connectivity index (χ1n) is 14.0. The van der Waals surface area contributed by atoms with E-state index in [0.717, 1.165) is 17.2 Å². The zero-order chi connectivity index (χ0) is 28.5. The molecule has 0 saturated carbocycles. The number of hydrogen-bond acceptors (Lipinski definition) is 3. The second kappa shape index (κ2) is 11.7. The number of benzene rings is 2. The van der Waals surface area contributed by atoms with Gasteiger partial charge in [0.1, 0.15) is 17.5 Å². The second-order valence-corrected chi connectivity index (χ2v) is 12.0. The van der Waals surface area contributed by atoms with E-state index in [2.05, 4.69) is 31.0 Å². The van der Waals surface area contributed by atoms with Gasteiger partial charge in [0.05, 0.1) is 12.0 Å². The first-order chi connectivity index (χ1) is 18.4. The largest absolute Gasteiger partial charge is 0.350 e. The summed E-state index contributed by atoms with van der Waals surface area (Å²) >= 11 is 0. The molecule has 1 N–H and O–H groups in total. The SMILES string of the molecule is CCC(=O)NC(C)c1cc(F)ccc1C1CCN(C(=O)C2CN(C(C)(C)C)CC2c2ccc(F)cc2F)CC1. The van der Waals surface area contributed by atoms with Crippen molar-refractivity contribution in [2.45, 2.75) is 77.3 Å². The molecule has 2 aromatic carbocycles. The normalized spacial score (nSPS) is 21.7. The fraction of sp³-hybridized carbons (Fsp3) is 0.548. The smallest absolute Gasteiger partial charge is 0.227 e. The molecule has 2 fully saturated rings. The Morgan fingerprint density at radius 2 is 1.59 bits per heavy atom. The number of halogens is 3. The van der Waals surface area contributed by atoms with Crippen LogP contribution in [0.5, 0.6) is 0 Å². The maximum absolute atomic E-state index is 14.8. The molecule has 4 rings (SSSR count). The lowest BCUT2D eigenvalue weighted by atomic mass is 9.83. The highest BCUT2D eigenvalue weighted by molar-refractivity contribution is 5.81. The predicted molar refractivity (Wildman–Crippen MR) is 146 cm³/mol. The van der Waals surface area contributed by atoms with Crippen LogP contribution in [0.1, 0.15) is 88.4 Å². The Labute approximate surface area is 229 Å². The lowest BCUT2D eigenvalue weighted by Crippen LogP contribution is -2.44. The maximum atomic E-state index is 14.8. The van der Waals surface area contributed by atoms with Gasteiger partial charge in [-0.2, -0.15) is 0 Å². The summed E-state index contributed by atoms with van der Waals surface area (Å²) in [5.74, 6) is -2.33. The minimum Gasteiger partial charge on any atom is -0.350 e. The van der Waals surface area contributed by atoms with Crippen LogP contribution in [-0.2, 0) is 9.59 Å². The fourth-order valence-electron chi connectivity index (χ4n) is 6.08. The van der Waals surface area contributed by atoms with Gasteiger partial charge in [-0.3, -0.25) is 14.5 Å². The van der Waals surface area contributed by atoms with E-state index < -0.39 is 17.6 Å². The topological polar surface area (TPSA) is 52.7 Å². The van der Waals surface area contributed by atoms with Crippen molar-refractivity contribution in [2.24, 2.45) is 5.92 Å². The Morgan fingerprint density at radius 1 is 0.974 bits per heavy atom. The first kappa shape index (κ1) is 29.1. The van der Waals surface area contributed by atoms with Gasteiger partial charge in [-0.25, -0.2) is 13.2 Å². The van der Waals surface area contributed by atoms with Crippen molar-refractivity contribution in [2.75, 3.05) is 26.2 Å². The van der Waals surface area contributed by atoms with E-state index in [1.807, 2.05) is 11.8 Å². The van der Waals surface area contributed by atoms with Crippen LogP contribution in [0.2, 0.25) is 0 Å². The van der Waals surface area contributed by atoms with Gasteiger partial charge in [-0.1, -0.05) is 19.1 Å². The Hall–Kier alpha value is -2.87. The Balaban J connectivity index is 1.51. The Kier molecular flexibility index (Phi) is 8.74. The highest BCUT2D eigenvalue weighted by Crippen LogP contribution is 2.40. The van der Waals surface area contributed by atoms with Crippen LogP contribution in [0.25, 0.3) is 0 Å². The van der Waals surface area contributed by atoms with Gasteiger partial charge in [0, 0.05) is 50.1 Å². The van der Waals surface area contributed by atoms with Crippen molar-refractivity contribution in [1.82, 2.24) is 15.1 Å². The summed E-state index contributed by atoms with van der Waals surface area (Å²) in [5.41, 5.74) is 1.96. The van der Waals surface area contributed by atoms with Gasteiger partial charge >= 0.3 is 0 Å². The van der Waals surface area contributed by atoms with Crippen molar-refractivity contribution in [1.29, 1.82) is 0 Å². The average molecular weight is 544 g/mol. The number of amides is 2. The van der Waals surface area contributed by atoms with Gasteiger partial charge < -0.3 is 10.2 Å². The number of nitrogens with zero attached hydrogens (tertiary/aromatic N) is 2. The first-order valence-corrected chi connectivity index (χ1v) is 14.0. The molecule has 8 heteroatoms. The summed E-state index contributed by atoms with van der Waals surface area (Å²) in [6, 6.07) is 8.05. The number of carbonyl (C=O) groups is 2. The van der Waals surface area contributed by atoms with Crippen LogP contribution < -0.4 is 5.32 Å². The molecule has 0 bridgehead atoms. The standard InChI is InChI=1S/C31H40F3N3O2/c1-6-29(38)35-19(2)25-15-21(32)7-9-23(25)20-11-13-36(14-12-20)30(39)27-18-37(31(3,4)5)17-26(27)24-10-8-22(33)16-28(24)34/h7-10,15-16,19-20,26-27H,6,11-14,17-18H2,1-5H3,(H,35,38). The van der Waals surface area contributed by atoms with Crippen molar-refractivity contribution in [3.05, 3.63) is 70.5 Å². The third-order valence-corrected chi connectivity index (χ3v) is 8.41. The summed E-state index contributed by atoms with van der Waals surface area (Å²) in [5, 5.41) is 2.93. The molecule has 2 heterocycles. The number of rotatable bonds is 6. The molecular weight excluding hydrogens is 503 g/mol. The third kappa shape index (κ3) is 6.48. The van der Waals surface area contributed by atoms with Crippen LogP contribution in [0.3, 0.4) is 0 Å². The van der Waals surface area contributed by atoms with Gasteiger partial charge in [-0.15, -0.1) is 0 Å². The van der Waals surface area contributed by atoms with E-state index >= 15 is 0 Å². The number of likely N-dealkylation sites (tertiary alicyclic amines) is 2. The molecule has 0 aromatic heterocycles. The van der Waals surface area contributed by atoms with Crippen LogP contribution in [0.15, 0.2) is 36.4 Å². The number of hydrogen-bond donors (Lipinski definition) is 1. The van der Waals surface area contributed by atoms with Crippen LogP contribution in [0, 0.1) is 23.4 Å². The molecule has 2 aromatic rings. The van der Waals surface area contributed by atoms with Crippen LogP contribution in [0.4, 0.5) is 13.2 Å². The van der Waals surface area contributed by atoms with Gasteiger partial charge in [0.2, 0.25) is 11.8 Å².